The van der Waals surface area contributed by atoms with E-state index in [2.05, 4.69) is 21.2 Å². The van der Waals surface area contributed by atoms with Crippen LogP contribution in [-0.4, -0.2) is 13.2 Å². The third-order valence-electron chi connectivity index (χ3n) is 4.75. The average molecular weight is 578 g/mol. The van der Waals surface area contributed by atoms with E-state index >= 15 is 0 Å². The van der Waals surface area contributed by atoms with E-state index in [1.165, 1.54) is 0 Å². The maximum absolute atomic E-state index is 6.26. The van der Waals surface area contributed by atoms with Crippen molar-refractivity contribution in [3.63, 3.8) is 0 Å². The number of rotatable bonds is 10. The van der Waals surface area contributed by atoms with Gasteiger partial charge in [-0.05, 0) is 67.4 Å². The minimum Gasteiger partial charge on any atom is -0.490 e. The van der Waals surface area contributed by atoms with Crippen LogP contribution in [0.15, 0.2) is 53.0 Å². The molecule has 1 N–H and O–H groups in total. The fourth-order valence-electron chi connectivity index (χ4n) is 3.08. The molecule has 0 heterocycles. The van der Waals surface area contributed by atoms with Crippen LogP contribution in [0, 0.1) is 0 Å². The molecule has 8 heteroatoms. The van der Waals surface area contributed by atoms with E-state index in [-0.39, 0.29) is 6.61 Å². The van der Waals surface area contributed by atoms with Crippen LogP contribution in [-0.2, 0) is 19.6 Å². The van der Waals surface area contributed by atoms with Crippen LogP contribution < -0.4 is 14.8 Å². The molecule has 0 saturated carbocycles. The molecule has 3 aromatic carbocycles. The Kier molecular flexibility index (Phi) is 9.84. The lowest BCUT2D eigenvalue weighted by molar-refractivity contribution is 0.269. The van der Waals surface area contributed by atoms with Gasteiger partial charge in [0, 0.05) is 36.7 Å². The van der Waals surface area contributed by atoms with E-state index < -0.39 is 0 Å². The number of ether oxygens (including phenoxy) is 2. The first-order valence-electron chi connectivity index (χ1n) is 10.0. The lowest BCUT2D eigenvalue weighted by atomic mass is 10.1. The van der Waals surface area contributed by atoms with E-state index in [4.69, 9.17) is 55.9 Å². The van der Waals surface area contributed by atoms with Gasteiger partial charge in [0.25, 0.3) is 0 Å². The Morgan fingerprint density at radius 3 is 2.25 bits per heavy atom. The van der Waals surface area contributed by atoms with E-state index in [0.717, 1.165) is 34.1 Å². The lowest BCUT2D eigenvalue weighted by Crippen LogP contribution is -2.17. The molecule has 170 valence electrons. The number of hydrogen-bond donors (Lipinski definition) is 1. The maximum Gasteiger partial charge on any atom is 0.162 e. The highest BCUT2D eigenvalue weighted by Gasteiger charge is 2.13. The van der Waals surface area contributed by atoms with Gasteiger partial charge in [-0.2, -0.15) is 0 Å². The summed E-state index contributed by atoms with van der Waals surface area (Å²) >= 11 is 28.4. The zero-order valence-corrected chi connectivity index (χ0v) is 22.0. The van der Waals surface area contributed by atoms with Crippen molar-refractivity contribution in [2.45, 2.75) is 26.5 Å². The van der Waals surface area contributed by atoms with Gasteiger partial charge in [-0.25, -0.2) is 0 Å². The van der Waals surface area contributed by atoms with Crippen molar-refractivity contribution in [3.05, 3.63) is 89.8 Å². The SMILES string of the molecule is CCOc1cc(CNCCc2ccc(Cl)cc2Cl)c(Br)cc1OCc1c(Cl)cccc1Cl. The smallest absolute Gasteiger partial charge is 0.162 e. The van der Waals surface area contributed by atoms with Crippen molar-refractivity contribution < 1.29 is 9.47 Å². The molecular weight excluding hydrogens is 556 g/mol. The zero-order chi connectivity index (χ0) is 23.1. The molecule has 3 aromatic rings. The Balaban J connectivity index is 1.65. The van der Waals surface area contributed by atoms with E-state index in [9.17, 15) is 0 Å². The molecule has 3 rings (SSSR count). The molecule has 0 radical (unpaired) electrons. The van der Waals surface area contributed by atoms with Crippen LogP contribution >= 0.6 is 62.3 Å². The summed E-state index contributed by atoms with van der Waals surface area (Å²) in [5.41, 5.74) is 2.85. The minimum absolute atomic E-state index is 0.241. The molecule has 0 aliphatic carbocycles. The van der Waals surface area contributed by atoms with Crippen molar-refractivity contribution in [1.82, 2.24) is 5.32 Å². The second-order valence-corrected chi connectivity index (χ2v) is 9.49. The molecule has 0 atom stereocenters. The van der Waals surface area contributed by atoms with E-state index in [1.54, 1.807) is 24.3 Å². The number of benzene rings is 3. The summed E-state index contributed by atoms with van der Waals surface area (Å²) in [4.78, 5) is 0. The van der Waals surface area contributed by atoms with Crippen LogP contribution in [0.4, 0.5) is 0 Å². The first kappa shape index (κ1) is 25.5. The highest BCUT2D eigenvalue weighted by Crippen LogP contribution is 2.35. The predicted octanol–water partition coefficient (Wildman–Crippen LogP) is 8.37. The monoisotopic (exact) mass is 575 g/mol. The number of hydrogen-bond acceptors (Lipinski definition) is 3. The summed E-state index contributed by atoms with van der Waals surface area (Å²) in [5.74, 6) is 1.28. The summed E-state index contributed by atoms with van der Waals surface area (Å²) < 4.78 is 12.7. The molecule has 0 spiro atoms. The van der Waals surface area contributed by atoms with Crippen molar-refractivity contribution in [2.24, 2.45) is 0 Å². The van der Waals surface area contributed by atoms with Gasteiger partial charge in [-0.3, -0.25) is 0 Å². The summed E-state index contributed by atoms with van der Waals surface area (Å²) in [6.07, 6.45) is 0.797. The zero-order valence-electron chi connectivity index (χ0n) is 17.4. The quantitative estimate of drug-likeness (QED) is 0.246. The van der Waals surface area contributed by atoms with Crippen LogP contribution in [0.2, 0.25) is 20.1 Å². The Morgan fingerprint density at radius 1 is 0.844 bits per heavy atom. The van der Waals surface area contributed by atoms with Gasteiger partial charge < -0.3 is 14.8 Å². The molecule has 0 aromatic heterocycles. The molecule has 0 aliphatic heterocycles. The van der Waals surface area contributed by atoms with Gasteiger partial charge in [0.15, 0.2) is 11.5 Å². The minimum atomic E-state index is 0.241. The van der Waals surface area contributed by atoms with Crippen molar-refractivity contribution in [1.29, 1.82) is 0 Å². The molecule has 0 aliphatic rings. The van der Waals surface area contributed by atoms with Gasteiger partial charge in [-0.1, -0.05) is 74.5 Å². The molecule has 3 nitrogen and oxygen atoms in total. The average Bonchev–Trinajstić information content (AvgIpc) is 2.74. The highest BCUT2D eigenvalue weighted by atomic mass is 79.9. The van der Waals surface area contributed by atoms with Gasteiger partial charge in [0.05, 0.1) is 6.61 Å². The Hall–Kier alpha value is -1.14. The van der Waals surface area contributed by atoms with Crippen LogP contribution in [0.5, 0.6) is 11.5 Å². The second kappa shape index (κ2) is 12.4. The summed E-state index contributed by atoms with van der Waals surface area (Å²) in [5, 5.41) is 5.89. The standard InChI is InChI=1S/C24H22BrCl4NO2/c1-2-31-23-10-16(13-30-9-8-15-6-7-17(26)11-22(15)29)19(25)12-24(23)32-14-18-20(27)4-3-5-21(18)28/h3-7,10-12,30H,2,8-9,13-14H2,1H3. The Labute approximate surface area is 217 Å². The third-order valence-corrected chi connectivity index (χ3v) is 6.78. The van der Waals surface area contributed by atoms with Gasteiger partial charge in [-0.15, -0.1) is 0 Å². The predicted molar refractivity (Wildman–Crippen MR) is 138 cm³/mol. The van der Waals surface area contributed by atoms with Crippen molar-refractivity contribution >= 4 is 62.3 Å². The van der Waals surface area contributed by atoms with Crippen molar-refractivity contribution in [2.75, 3.05) is 13.2 Å². The fourth-order valence-corrected chi connectivity index (χ4v) is 4.56. The van der Waals surface area contributed by atoms with Crippen LogP contribution in [0.1, 0.15) is 23.6 Å². The maximum atomic E-state index is 6.26. The van der Waals surface area contributed by atoms with Crippen LogP contribution in [0.25, 0.3) is 0 Å². The van der Waals surface area contributed by atoms with Gasteiger partial charge >= 0.3 is 0 Å². The first-order valence-corrected chi connectivity index (χ1v) is 12.3. The first-order chi connectivity index (χ1) is 15.4. The molecule has 0 unspecified atom stereocenters. The normalized spacial score (nSPS) is 10.9. The largest absolute Gasteiger partial charge is 0.490 e. The molecule has 0 fully saturated rings. The third kappa shape index (κ3) is 6.93. The number of nitrogens with one attached hydrogen (secondary N) is 1. The topological polar surface area (TPSA) is 30.5 Å². The summed E-state index contributed by atoms with van der Waals surface area (Å²) in [7, 11) is 0. The molecular formula is C24H22BrCl4NO2. The Bertz CT molecular complexity index is 1060. The van der Waals surface area contributed by atoms with Gasteiger partial charge in [0.1, 0.15) is 6.61 Å². The number of halogens is 5. The second-order valence-electron chi connectivity index (χ2n) is 6.97. The molecule has 0 saturated heterocycles. The van der Waals surface area contributed by atoms with Gasteiger partial charge in [0.2, 0.25) is 0 Å². The van der Waals surface area contributed by atoms with Crippen LogP contribution in [0.3, 0.4) is 0 Å². The molecule has 0 bridgehead atoms. The van der Waals surface area contributed by atoms with E-state index in [0.29, 0.717) is 44.7 Å². The van der Waals surface area contributed by atoms with E-state index in [1.807, 2.05) is 31.2 Å². The fraction of sp³-hybridized carbons (Fsp3) is 0.250. The highest BCUT2D eigenvalue weighted by molar-refractivity contribution is 9.10. The van der Waals surface area contributed by atoms with Crippen molar-refractivity contribution in [3.8, 4) is 11.5 Å². The summed E-state index contributed by atoms with van der Waals surface area (Å²) in [6.45, 7) is 4.12. The summed E-state index contributed by atoms with van der Waals surface area (Å²) in [6, 6.07) is 14.8. The molecule has 32 heavy (non-hydrogen) atoms. The lowest BCUT2D eigenvalue weighted by Gasteiger charge is -2.16. The molecule has 0 amide bonds. The Morgan fingerprint density at radius 2 is 1.56 bits per heavy atom.